The second-order valence-corrected chi connectivity index (χ2v) is 14.0. The number of rotatable bonds is 4. The van der Waals surface area contributed by atoms with Crippen LogP contribution < -0.4 is 0 Å². The Hall–Kier alpha value is -7.86. The molecule has 3 aromatic heterocycles. The van der Waals surface area contributed by atoms with E-state index in [0.717, 1.165) is 71.8 Å². The molecule has 8 aromatic carbocycles. The van der Waals surface area contributed by atoms with Crippen LogP contribution in [-0.2, 0) is 0 Å². The Morgan fingerprint density at radius 2 is 0.782 bits per heavy atom. The van der Waals surface area contributed by atoms with Crippen LogP contribution in [0, 0.1) is 22.7 Å². The SMILES string of the molecule is N#Cc1ccc2c(c1)c1ccccc1n2-c1ccc2c3ccccc3n(-c3ccc(-c4ccc(-n5c6ccccc6c6ccccc65)cc4)c(C#N)c3)c2c1. The molecule has 0 aliphatic heterocycles. The van der Waals surface area contributed by atoms with E-state index in [1.165, 1.54) is 21.8 Å². The summed E-state index contributed by atoms with van der Waals surface area (Å²) in [5.41, 5.74) is 12.7. The van der Waals surface area contributed by atoms with Crippen molar-refractivity contribution in [3.05, 3.63) is 187 Å². The van der Waals surface area contributed by atoms with Crippen LogP contribution in [0.5, 0.6) is 0 Å². The highest BCUT2D eigenvalue weighted by atomic mass is 15.0. The van der Waals surface area contributed by atoms with Crippen molar-refractivity contribution in [2.24, 2.45) is 0 Å². The Labute approximate surface area is 316 Å². The number of aromatic nitrogens is 3. The highest BCUT2D eigenvalue weighted by molar-refractivity contribution is 6.12. The van der Waals surface area contributed by atoms with Gasteiger partial charge in [-0.2, -0.15) is 10.5 Å². The average molecular weight is 700 g/mol. The van der Waals surface area contributed by atoms with E-state index in [1.807, 2.05) is 30.3 Å². The fourth-order valence-corrected chi connectivity index (χ4v) is 8.70. The zero-order chi connectivity index (χ0) is 36.6. The monoisotopic (exact) mass is 699 g/mol. The minimum Gasteiger partial charge on any atom is -0.309 e. The molecule has 0 fully saturated rings. The molecule has 0 aliphatic rings. The molecule has 254 valence electrons. The maximum Gasteiger partial charge on any atom is 0.0998 e. The van der Waals surface area contributed by atoms with Gasteiger partial charge in [-0.15, -0.1) is 0 Å². The van der Waals surface area contributed by atoms with Gasteiger partial charge in [0.25, 0.3) is 0 Å². The predicted octanol–water partition coefficient (Wildman–Crippen LogP) is 12.4. The molecule has 0 N–H and O–H groups in total. The van der Waals surface area contributed by atoms with E-state index in [4.69, 9.17) is 0 Å². The summed E-state index contributed by atoms with van der Waals surface area (Å²) in [5, 5.41) is 27.1. The van der Waals surface area contributed by atoms with Gasteiger partial charge >= 0.3 is 0 Å². The van der Waals surface area contributed by atoms with Gasteiger partial charge in [-0.05, 0) is 90.0 Å². The number of para-hydroxylation sites is 4. The fraction of sp³-hybridized carbons (Fsp3) is 0. The Morgan fingerprint density at radius 1 is 0.327 bits per heavy atom. The summed E-state index contributed by atoms with van der Waals surface area (Å²) in [6.45, 7) is 0. The minimum atomic E-state index is 0.611. The third-order valence-corrected chi connectivity index (χ3v) is 11.1. The highest BCUT2D eigenvalue weighted by Gasteiger charge is 2.18. The number of fused-ring (bicyclic) bond motifs is 9. The molecule has 5 heteroatoms. The molecule has 0 radical (unpaired) electrons. The zero-order valence-electron chi connectivity index (χ0n) is 29.5. The summed E-state index contributed by atoms with van der Waals surface area (Å²) in [6, 6.07) is 65.9. The molecule has 5 nitrogen and oxygen atoms in total. The van der Waals surface area contributed by atoms with E-state index in [9.17, 15) is 10.5 Å². The summed E-state index contributed by atoms with van der Waals surface area (Å²) in [6.07, 6.45) is 0. The number of nitriles is 2. The zero-order valence-corrected chi connectivity index (χ0v) is 29.5. The second kappa shape index (κ2) is 11.8. The highest BCUT2D eigenvalue weighted by Crippen LogP contribution is 2.38. The van der Waals surface area contributed by atoms with Gasteiger partial charge in [-0.25, -0.2) is 0 Å². The molecule has 11 aromatic rings. The number of hydrogen-bond acceptors (Lipinski definition) is 2. The van der Waals surface area contributed by atoms with E-state index in [1.54, 1.807) is 0 Å². The van der Waals surface area contributed by atoms with E-state index >= 15 is 0 Å². The summed E-state index contributed by atoms with van der Waals surface area (Å²) in [7, 11) is 0. The first-order valence-electron chi connectivity index (χ1n) is 18.3. The summed E-state index contributed by atoms with van der Waals surface area (Å²) < 4.78 is 6.86. The largest absolute Gasteiger partial charge is 0.309 e. The lowest BCUT2D eigenvalue weighted by Gasteiger charge is -2.13. The van der Waals surface area contributed by atoms with Crippen molar-refractivity contribution < 1.29 is 0 Å². The molecule has 3 heterocycles. The first-order valence-corrected chi connectivity index (χ1v) is 18.3. The van der Waals surface area contributed by atoms with Crippen molar-refractivity contribution >= 4 is 65.4 Å². The Morgan fingerprint density at radius 3 is 1.36 bits per heavy atom. The van der Waals surface area contributed by atoms with Crippen molar-refractivity contribution in [1.82, 2.24) is 13.7 Å². The van der Waals surface area contributed by atoms with Crippen LogP contribution in [0.4, 0.5) is 0 Å². The summed E-state index contributed by atoms with van der Waals surface area (Å²) in [4.78, 5) is 0. The van der Waals surface area contributed by atoms with Crippen molar-refractivity contribution in [3.8, 4) is 40.3 Å². The number of hydrogen-bond donors (Lipinski definition) is 0. The Balaban J connectivity index is 1.05. The van der Waals surface area contributed by atoms with Crippen molar-refractivity contribution in [3.63, 3.8) is 0 Å². The smallest absolute Gasteiger partial charge is 0.0998 e. The Kier molecular flexibility index (Phi) is 6.61. The quantitative estimate of drug-likeness (QED) is 0.184. The van der Waals surface area contributed by atoms with Gasteiger partial charge in [-0.1, -0.05) is 97.1 Å². The lowest BCUT2D eigenvalue weighted by Crippen LogP contribution is -1.98. The van der Waals surface area contributed by atoms with Crippen molar-refractivity contribution in [2.75, 3.05) is 0 Å². The molecule has 0 saturated carbocycles. The minimum absolute atomic E-state index is 0.611. The predicted molar refractivity (Wildman–Crippen MR) is 224 cm³/mol. The molecular weight excluding hydrogens is 671 g/mol. The van der Waals surface area contributed by atoms with Crippen molar-refractivity contribution in [2.45, 2.75) is 0 Å². The van der Waals surface area contributed by atoms with Crippen LogP contribution in [0.15, 0.2) is 176 Å². The van der Waals surface area contributed by atoms with Gasteiger partial charge in [0, 0.05) is 49.4 Å². The number of benzene rings is 8. The fourth-order valence-electron chi connectivity index (χ4n) is 8.70. The standard InChI is InChI=1S/C50H29N5/c51-30-32-17-26-49-44(27-32)42-12-4-8-16-48(42)54(49)37-23-25-43-41-11-3-7-15-47(41)55(50(43)29-37)36-22-24-38(34(28-36)31-52)33-18-20-35(21-19-33)53-45-13-5-1-9-39(45)40-10-2-6-14-46(40)53/h1-29H. The van der Waals surface area contributed by atoms with Gasteiger partial charge < -0.3 is 13.7 Å². The van der Waals surface area contributed by atoms with E-state index in [2.05, 4.69) is 171 Å². The van der Waals surface area contributed by atoms with Gasteiger partial charge in [0.2, 0.25) is 0 Å². The molecular formula is C50H29N5. The molecule has 0 aliphatic carbocycles. The van der Waals surface area contributed by atoms with Crippen LogP contribution in [0.1, 0.15) is 11.1 Å². The molecule has 0 amide bonds. The first kappa shape index (κ1) is 30.7. The maximum absolute atomic E-state index is 10.6. The van der Waals surface area contributed by atoms with Gasteiger partial charge in [0.1, 0.15) is 0 Å². The van der Waals surface area contributed by atoms with Crippen LogP contribution in [-0.4, -0.2) is 13.7 Å². The van der Waals surface area contributed by atoms with Crippen LogP contribution >= 0.6 is 0 Å². The van der Waals surface area contributed by atoms with Gasteiger partial charge in [-0.3, -0.25) is 0 Å². The molecule has 0 atom stereocenters. The lowest BCUT2D eigenvalue weighted by atomic mass is 9.99. The van der Waals surface area contributed by atoms with Crippen molar-refractivity contribution in [1.29, 1.82) is 10.5 Å². The van der Waals surface area contributed by atoms with Gasteiger partial charge in [0.05, 0.1) is 56.4 Å². The normalized spacial score (nSPS) is 11.6. The van der Waals surface area contributed by atoms with Crippen LogP contribution in [0.2, 0.25) is 0 Å². The van der Waals surface area contributed by atoms with Crippen LogP contribution in [0.3, 0.4) is 0 Å². The molecule has 0 unspecified atom stereocenters. The third kappa shape index (κ3) is 4.51. The second-order valence-electron chi connectivity index (χ2n) is 14.0. The van der Waals surface area contributed by atoms with E-state index in [-0.39, 0.29) is 0 Å². The van der Waals surface area contributed by atoms with E-state index < -0.39 is 0 Å². The first-order chi connectivity index (χ1) is 27.2. The molecule has 11 rings (SSSR count). The molecule has 0 spiro atoms. The molecule has 0 bridgehead atoms. The molecule has 0 saturated heterocycles. The maximum atomic E-state index is 10.6. The summed E-state index contributed by atoms with van der Waals surface area (Å²) in [5.74, 6) is 0. The summed E-state index contributed by atoms with van der Waals surface area (Å²) >= 11 is 0. The topological polar surface area (TPSA) is 62.4 Å². The average Bonchev–Trinajstić information content (AvgIpc) is 3.88. The third-order valence-electron chi connectivity index (χ3n) is 11.1. The number of nitrogens with zero attached hydrogens (tertiary/aromatic N) is 5. The lowest BCUT2D eigenvalue weighted by molar-refractivity contribution is 1.15. The molecule has 55 heavy (non-hydrogen) atoms. The van der Waals surface area contributed by atoms with Gasteiger partial charge in [0.15, 0.2) is 0 Å². The van der Waals surface area contributed by atoms with Crippen LogP contribution in [0.25, 0.3) is 93.6 Å². The van der Waals surface area contributed by atoms with E-state index in [0.29, 0.717) is 11.1 Å². The Bertz CT molecular complexity index is 3400.